The molecular formula is C22H26N6O2S. The lowest BCUT2D eigenvalue weighted by Gasteiger charge is -2.26. The fraction of sp³-hybridized carbons (Fsp3) is 0.455. The molecule has 2 saturated heterocycles. The summed E-state index contributed by atoms with van der Waals surface area (Å²) in [6, 6.07) is 6.39. The molecule has 2 aliphatic heterocycles. The summed E-state index contributed by atoms with van der Waals surface area (Å²) >= 11 is 1.52. The van der Waals surface area contributed by atoms with Gasteiger partial charge in [0.15, 0.2) is 5.13 Å². The van der Waals surface area contributed by atoms with Gasteiger partial charge in [-0.15, -0.1) is 0 Å². The number of anilines is 2. The molecule has 0 aliphatic carbocycles. The molecule has 0 saturated carbocycles. The highest BCUT2D eigenvalue weighted by Gasteiger charge is 2.19. The Morgan fingerprint density at radius 2 is 2.03 bits per heavy atom. The lowest BCUT2D eigenvalue weighted by Crippen LogP contribution is -2.29. The van der Waals surface area contributed by atoms with Crippen LogP contribution in [-0.4, -0.2) is 57.2 Å². The molecule has 1 N–H and O–H groups in total. The van der Waals surface area contributed by atoms with E-state index in [0.717, 1.165) is 41.1 Å². The number of hydrogen-bond acceptors (Lipinski definition) is 9. The summed E-state index contributed by atoms with van der Waals surface area (Å²) in [5.74, 6) is 0.788. The summed E-state index contributed by atoms with van der Waals surface area (Å²) in [7, 11) is 0. The van der Waals surface area contributed by atoms with Crippen LogP contribution in [0.3, 0.4) is 0 Å². The molecule has 0 aromatic carbocycles. The number of likely N-dealkylation sites (tertiary alicyclic amines) is 1. The molecule has 162 valence electrons. The van der Waals surface area contributed by atoms with Gasteiger partial charge in [0.25, 0.3) is 0 Å². The maximum Gasteiger partial charge on any atom is 0.317 e. The molecule has 9 heteroatoms. The lowest BCUT2D eigenvalue weighted by atomic mass is 10.1. The number of rotatable bonds is 7. The van der Waals surface area contributed by atoms with Crippen molar-refractivity contribution in [3.8, 4) is 16.6 Å². The first kappa shape index (κ1) is 20.3. The predicted molar refractivity (Wildman–Crippen MR) is 120 cm³/mol. The van der Waals surface area contributed by atoms with Gasteiger partial charge in [-0.1, -0.05) is 23.8 Å². The SMILES string of the molecule is c1cc(-c2cnc(Nc3ccc(CN4CCCCC4)cn3)s2)nc(O[C@@H]2CCOC2)n1. The van der Waals surface area contributed by atoms with Crippen molar-refractivity contribution in [2.45, 2.75) is 38.3 Å². The van der Waals surface area contributed by atoms with Crippen LogP contribution in [0.5, 0.6) is 6.01 Å². The average molecular weight is 439 g/mol. The Morgan fingerprint density at radius 3 is 2.84 bits per heavy atom. The Morgan fingerprint density at radius 1 is 1.10 bits per heavy atom. The van der Waals surface area contributed by atoms with Crippen LogP contribution in [-0.2, 0) is 11.3 Å². The third kappa shape index (κ3) is 5.36. The van der Waals surface area contributed by atoms with Crippen LogP contribution in [0.2, 0.25) is 0 Å². The lowest BCUT2D eigenvalue weighted by molar-refractivity contribution is 0.134. The summed E-state index contributed by atoms with van der Waals surface area (Å²) in [5, 5.41) is 4.06. The maximum absolute atomic E-state index is 5.81. The van der Waals surface area contributed by atoms with Crippen LogP contribution in [0, 0.1) is 0 Å². The third-order valence-corrected chi connectivity index (χ3v) is 6.40. The highest BCUT2D eigenvalue weighted by molar-refractivity contribution is 7.18. The summed E-state index contributed by atoms with van der Waals surface area (Å²) in [6.07, 6.45) is 10.3. The molecule has 3 aromatic heterocycles. The Hall–Kier alpha value is -2.62. The summed E-state index contributed by atoms with van der Waals surface area (Å²) < 4.78 is 11.2. The van der Waals surface area contributed by atoms with Gasteiger partial charge >= 0.3 is 6.01 Å². The second-order valence-corrected chi connectivity index (χ2v) is 8.90. The van der Waals surface area contributed by atoms with Gasteiger partial charge in [-0.05, 0) is 43.6 Å². The van der Waals surface area contributed by atoms with E-state index in [-0.39, 0.29) is 6.10 Å². The smallest absolute Gasteiger partial charge is 0.317 e. The van der Waals surface area contributed by atoms with Crippen LogP contribution in [0.15, 0.2) is 36.8 Å². The Balaban J connectivity index is 1.20. The molecule has 0 amide bonds. The zero-order valence-electron chi connectivity index (χ0n) is 17.4. The second-order valence-electron chi connectivity index (χ2n) is 7.87. The Labute approximate surface area is 185 Å². The highest BCUT2D eigenvalue weighted by atomic mass is 32.1. The van der Waals surface area contributed by atoms with Crippen LogP contribution in [0.25, 0.3) is 10.6 Å². The van der Waals surface area contributed by atoms with Crippen LogP contribution in [0.1, 0.15) is 31.2 Å². The molecule has 0 bridgehead atoms. The van der Waals surface area contributed by atoms with Gasteiger partial charge < -0.3 is 14.8 Å². The molecule has 0 radical (unpaired) electrons. The van der Waals surface area contributed by atoms with E-state index in [1.165, 1.54) is 49.3 Å². The van der Waals surface area contributed by atoms with Crippen LogP contribution < -0.4 is 10.1 Å². The Bertz CT molecular complexity index is 984. The van der Waals surface area contributed by atoms with Gasteiger partial charge in [-0.2, -0.15) is 4.98 Å². The topological polar surface area (TPSA) is 85.3 Å². The van der Waals surface area contributed by atoms with Crippen molar-refractivity contribution in [3.05, 3.63) is 42.4 Å². The number of aromatic nitrogens is 4. The van der Waals surface area contributed by atoms with Gasteiger partial charge in [0.05, 0.1) is 23.8 Å². The number of ether oxygens (including phenoxy) is 2. The van der Waals surface area contributed by atoms with Crippen molar-refractivity contribution in [1.82, 2.24) is 24.8 Å². The van der Waals surface area contributed by atoms with E-state index in [1.807, 2.05) is 24.5 Å². The van der Waals surface area contributed by atoms with Gasteiger partial charge in [0, 0.05) is 31.6 Å². The van der Waals surface area contributed by atoms with Crippen molar-refractivity contribution in [1.29, 1.82) is 0 Å². The number of nitrogens with zero attached hydrogens (tertiary/aromatic N) is 5. The van der Waals surface area contributed by atoms with Gasteiger partial charge in [0.1, 0.15) is 11.9 Å². The standard InChI is InChI=1S/C22H26N6O2S/c1-2-9-28(10-3-1)14-16-4-5-20(24-12-16)27-22-25-13-19(31-22)18-6-8-23-21(26-18)30-17-7-11-29-15-17/h4-6,8,12-13,17H,1-3,7,9-11,14-15H2,(H,24,25,27)/t17-/m1/s1. The molecule has 0 spiro atoms. The molecule has 5 heterocycles. The van der Waals surface area contributed by atoms with E-state index in [9.17, 15) is 0 Å². The van der Waals surface area contributed by atoms with Crippen LogP contribution >= 0.6 is 11.3 Å². The summed E-state index contributed by atoms with van der Waals surface area (Å²) in [5.41, 5.74) is 2.03. The van der Waals surface area contributed by atoms with Crippen molar-refractivity contribution in [3.63, 3.8) is 0 Å². The van der Waals surface area contributed by atoms with Gasteiger partial charge in [0.2, 0.25) is 0 Å². The van der Waals surface area contributed by atoms with Crippen molar-refractivity contribution in [2.24, 2.45) is 0 Å². The zero-order chi connectivity index (χ0) is 20.9. The Kier molecular flexibility index (Phi) is 6.33. The summed E-state index contributed by atoms with van der Waals surface area (Å²) in [6.45, 7) is 4.66. The monoisotopic (exact) mass is 438 g/mol. The molecule has 31 heavy (non-hydrogen) atoms. The van der Waals surface area contributed by atoms with E-state index in [1.54, 1.807) is 6.20 Å². The highest BCUT2D eigenvalue weighted by Crippen LogP contribution is 2.30. The maximum atomic E-state index is 5.81. The minimum absolute atomic E-state index is 0.0258. The number of pyridine rings is 1. The minimum Gasteiger partial charge on any atom is -0.458 e. The van der Waals surface area contributed by atoms with E-state index in [4.69, 9.17) is 9.47 Å². The number of thiazole rings is 1. The molecule has 5 rings (SSSR count). The quantitative estimate of drug-likeness (QED) is 0.595. The van der Waals surface area contributed by atoms with Crippen molar-refractivity contribution >= 4 is 22.3 Å². The van der Waals surface area contributed by atoms with Crippen molar-refractivity contribution in [2.75, 3.05) is 31.6 Å². The molecule has 0 unspecified atom stereocenters. The molecule has 3 aromatic rings. The zero-order valence-corrected chi connectivity index (χ0v) is 18.2. The largest absolute Gasteiger partial charge is 0.458 e. The molecule has 2 aliphatic rings. The molecule has 2 fully saturated rings. The fourth-order valence-corrected chi connectivity index (χ4v) is 4.61. The third-order valence-electron chi connectivity index (χ3n) is 5.47. The number of nitrogens with one attached hydrogen (secondary N) is 1. The first-order valence-electron chi connectivity index (χ1n) is 10.8. The first-order chi connectivity index (χ1) is 15.3. The summed E-state index contributed by atoms with van der Waals surface area (Å²) in [4.78, 5) is 21.2. The average Bonchev–Trinajstić information content (AvgIpc) is 3.48. The molecule has 8 nitrogen and oxygen atoms in total. The normalized spacial score (nSPS) is 19.4. The van der Waals surface area contributed by atoms with E-state index < -0.39 is 0 Å². The van der Waals surface area contributed by atoms with E-state index >= 15 is 0 Å². The number of hydrogen-bond donors (Lipinski definition) is 1. The first-order valence-corrected chi connectivity index (χ1v) is 11.6. The molecule has 1 atom stereocenters. The number of piperidine rings is 1. The van der Waals surface area contributed by atoms with E-state index in [2.05, 4.69) is 36.2 Å². The second kappa shape index (κ2) is 9.67. The predicted octanol–water partition coefficient (Wildman–Crippen LogP) is 3.89. The minimum atomic E-state index is 0.0258. The van der Waals surface area contributed by atoms with Crippen LogP contribution in [0.4, 0.5) is 10.9 Å². The van der Waals surface area contributed by atoms with E-state index in [0.29, 0.717) is 12.6 Å². The van der Waals surface area contributed by atoms with Crippen molar-refractivity contribution < 1.29 is 9.47 Å². The fourth-order valence-electron chi connectivity index (χ4n) is 3.82. The van der Waals surface area contributed by atoms with Gasteiger partial charge in [-0.3, -0.25) is 4.90 Å². The van der Waals surface area contributed by atoms with Gasteiger partial charge in [-0.25, -0.2) is 15.0 Å². The molecular weight excluding hydrogens is 412 g/mol.